The second-order valence-corrected chi connectivity index (χ2v) is 8.27. The summed E-state index contributed by atoms with van der Waals surface area (Å²) in [5, 5.41) is 0.802. The van der Waals surface area contributed by atoms with Crippen molar-refractivity contribution in [2.75, 3.05) is 26.3 Å². The van der Waals surface area contributed by atoms with Gasteiger partial charge in [-0.2, -0.15) is 0 Å². The molecule has 0 amide bonds. The Morgan fingerprint density at radius 1 is 1.07 bits per heavy atom. The molecule has 0 atom stereocenters. The van der Waals surface area contributed by atoms with Gasteiger partial charge in [0.15, 0.2) is 0 Å². The van der Waals surface area contributed by atoms with Crippen LogP contribution in [0.4, 0.5) is 0 Å². The Labute approximate surface area is 178 Å². The van der Waals surface area contributed by atoms with Crippen molar-refractivity contribution in [3.05, 3.63) is 64.9 Å². The normalized spacial score (nSPS) is 15.9. The Balaban J connectivity index is 1.43. The molecule has 154 valence electrons. The Hall–Kier alpha value is -1.88. The van der Waals surface area contributed by atoms with E-state index in [0.29, 0.717) is 5.92 Å². The van der Waals surface area contributed by atoms with Crippen LogP contribution in [0.5, 0.6) is 0 Å². The van der Waals surface area contributed by atoms with Crippen LogP contribution in [0, 0.1) is 0 Å². The first-order chi connectivity index (χ1) is 14.2. The molecule has 1 aliphatic rings. The predicted octanol–water partition coefficient (Wildman–Crippen LogP) is 5.50. The van der Waals surface area contributed by atoms with Gasteiger partial charge in [-0.25, -0.2) is 4.98 Å². The van der Waals surface area contributed by atoms with E-state index >= 15 is 0 Å². The maximum absolute atomic E-state index is 6.01. The minimum atomic E-state index is 0.524. The maximum atomic E-state index is 6.01. The molecule has 5 heteroatoms. The average Bonchev–Trinajstić information content (AvgIpc) is 3.12. The summed E-state index contributed by atoms with van der Waals surface area (Å²) in [6.07, 6.45) is 3.33. The van der Waals surface area contributed by atoms with Crippen LogP contribution in [0.3, 0.4) is 0 Å². The number of halogens is 1. The van der Waals surface area contributed by atoms with E-state index in [9.17, 15) is 0 Å². The second kappa shape index (κ2) is 9.75. The number of aryl methyl sites for hydroxylation is 1. The van der Waals surface area contributed by atoms with Crippen molar-refractivity contribution in [3.63, 3.8) is 0 Å². The van der Waals surface area contributed by atoms with E-state index in [1.807, 2.05) is 12.1 Å². The highest BCUT2D eigenvalue weighted by Crippen LogP contribution is 2.31. The van der Waals surface area contributed by atoms with Gasteiger partial charge in [-0.3, -0.25) is 4.90 Å². The number of rotatable bonds is 8. The molecule has 1 aromatic heterocycles. The lowest BCUT2D eigenvalue weighted by Crippen LogP contribution is -2.33. The molecule has 0 saturated carbocycles. The van der Waals surface area contributed by atoms with E-state index < -0.39 is 0 Å². The number of hydrogen-bond donors (Lipinski definition) is 0. The molecule has 0 unspecified atom stereocenters. The Bertz CT molecular complexity index is 914. The van der Waals surface area contributed by atoms with Gasteiger partial charge >= 0.3 is 0 Å². The minimum absolute atomic E-state index is 0.524. The van der Waals surface area contributed by atoms with Crippen molar-refractivity contribution in [2.24, 2.45) is 0 Å². The van der Waals surface area contributed by atoms with Crippen LogP contribution in [0.15, 0.2) is 48.5 Å². The quantitative estimate of drug-likeness (QED) is 0.459. The third-order valence-electron chi connectivity index (χ3n) is 5.83. The monoisotopic (exact) mass is 411 g/mol. The number of para-hydroxylation sites is 2. The van der Waals surface area contributed by atoms with Crippen LogP contribution < -0.4 is 0 Å². The van der Waals surface area contributed by atoms with E-state index in [2.05, 4.69) is 52.8 Å². The number of nitrogens with zero attached hydrogens (tertiary/aromatic N) is 3. The zero-order chi connectivity index (χ0) is 20.1. The van der Waals surface area contributed by atoms with Gasteiger partial charge in [-0.1, -0.05) is 35.9 Å². The maximum Gasteiger partial charge on any atom is 0.113 e. The lowest BCUT2D eigenvalue weighted by Gasteiger charge is -2.32. The summed E-state index contributed by atoms with van der Waals surface area (Å²) in [6, 6.07) is 16.7. The van der Waals surface area contributed by atoms with Gasteiger partial charge in [0.2, 0.25) is 0 Å². The molecule has 1 fully saturated rings. The van der Waals surface area contributed by atoms with E-state index in [0.717, 1.165) is 69.2 Å². The lowest BCUT2D eigenvalue weighted by atomic mass is 9.95. The predicted molar refractivity (Wildman–Crippen MR) is 120 cm³/mol. The van der Waals surface area contributed by atoms with Crippen molar-refractivity contribution in [3.8, 4) is 0 Å². The van der Waals surface area contributed by atoms with E-state index in [4.69, 9.17) is 21.3 Å². The lowest BCUT2D eigenvalue weighted by molar-refractivity contribution is 0.141. The molecule has 4 rings (SSSR count). The Kier molecular flexibility index (Phi) is 6.86. The van der Waals surface area contributed by atoms with Crippen molar-refractivity contribution in [1.82, 2.24) is 14.5 Å². The summed E-state index contributed by atoms with van der Waals surface area (Å²) < 4.78 is 8.00. The van der Waals surface area contributed by atoms with Gasteiger partial charge in [-0.05, 0) is 69.1 Å². The summed E-state index contributed by atoms with van der Waals surface area (Å²) >= 11 is 6.01. The molecule has 0 radical (unpaired) electrons. The van der Waals surface area contributed by atoms with Crippen molar-refractivity contribution in [1.29, 1.82) is 0 Å². The van der Waals surface area contributed by atoms with Gasteiger partial charge < -0.3 is 9.30 Å². The number of hydrogen-bond acceptors (Lipinski definition) is 3. The highest BCUT2D eigenvalue weighted by Gasteiger charge is 2.25. The molecule has 1 aliphatic heterocycles. The third-order valence-corrected chi connectivity index (χ3v) is 6.08. The van der Waals surface area contributed by atoms with E-state index in [1.165, 1.54) is 16.9 Å². The van der Waals surface area contributed by atoms with E-state index in [1.54, 1.807) is 0 Å². The molecule has 0 aliphatic carbocycles. The number of ether oxygens (including phenoxy) is 1. The molecule has 0 N–H and O–H groups in total. The number of piperidine rings is 1. The smallest absolute Gasteiger partial charge is 0.113 e. The van der Waals surface area contributed by atoms with Gasteiger partial charge in [0.1, 0.15) is 5.82 Å². The average molecular weight is 412 g/mol. The first-order valence-corrected chi connectivity index (χ1v) is 11.1. The highest BCUT2D eigenvalue weighted by molar-refractivity contribution is 6.30. The second-order valence-electron chi connectivity index (χ2n) is 7.84. The van der Waals surface area contributed by atoms with Gasteiger partial charge in [0.05, 0.1) is 11.0 Å². The first-order valence-electron chi connectivity index (χ1n) is 10.7. The summed E-state index contributed by atoms with van der Waals surface area (Å²) in [6.45, 7) is 7.82. The molecular formula is C24H30ClN3O. The first kappa shape index (κ1) is 20.4. The summed E-state index contributed by atoms with van der Waals surface area (Å²) in [5.41, 5.74) is 3.70. The van der Waals surface area contributed by atoms with Crippen molar-refractivity contribution >= 4 is 22.6 Å². The number of aromatic nitrogens is 2. The van der Waals surface area contributed by atoms with Crippen LogP contribution in [-0.4, -0.2) is 40.8 Å². The van der Waals surface area contributed by atoms with E-state index in [-0.39, 0.29) is 0 Å². The fraction of sp³-hybridized carbons (Fsp3) is 0.458. The number of imidazole rings is 1. The zero-order valence-corrected chi connectivity index (χ0v) is 17.9. The van der Waals surface area contributed by atoms with Gasteiger partial charge in [-0.15, -0.1) is 0 Å². The largest absolute Gasteiger partial charge is 0.382 e. The van der Waals surface area contributed by atoms with Crippen molar-refractivity contribution < 1.29 is 4.74 Å². The Morgan fingerprint density at radius 3 is 2.59 bits per heavy atom. The fourth-order valence-electron chi connectivity index (χ4n) is 4.31. The molecule has 2 aromatic carbocycles. The third kappa shape index (κ3) is 5.00. The van der Waals surface area contributed by atoms with Crippen LogP contribution in [-0.2, 0) is 17.8 Å². The van der Waals surface area contributed by atoms with Crippen LogP contribution in [0.25, 0.3) is 11.0 Å². The zero-order valence-electron chi connectivity index (χ0n) is 17.2. The fourth-order valence-corrected chi connectivity index (χ4v) is 4.43. The van der Waals surface area contributed by atoms with Crippen LogP contribution >= 0.6 is 11.6 Å². The molecule has 29 heavy (non-hydrogen) atoms. The minimum Gasteiger partial charge on any atom is -0.382 e. The number of likely N-dealkylation sites (tertiary alicyclic amines) is 1. The molecular weight excluding hydrogens is 382 g/mol. The highest BCUT2D eigenvalue weighted by atomic mass is 35.5. The Morgan fingerprint density at radius 2 is 1.83 bits per heavy atom. The SMILES string of the molecule is CCOCCCn1c(C2CCN(Cc3ccc(Cl)cc3)CC2)nc2ccccc21. The molecule has 1 saturated heterocycles. The summed E-state index contributed by atoms with van der Waals surface area (Å²) in [5.74, 6) is 1.78. The standard InChI is InChI=1S/C24H30ClN3O/c1-2-29-17-5-14-28-23-7-4-3-6-22(23)26-24(28)20-12-15-27(16-13-20)18-19-8-10-21(25)11-9-19/h3-4,6-11,20H,2,5,12-18H2,1H3. The molecule has 4 nitrogen and oxygen atoms in total. The van der Waals surface area contributed by atoms with Gasteiger partial charge in [0, 0.05) is 37.2 Å². The number of fused-ring (bicyclic) bond motifs is 1. The van der Waals surface area contributed by atoms with Crippen LogP contribution in [0.1, 0.15) is 43.5 Å². The molecule has 2 heterocycles. The molecule has 3 aromatic rings. The summed E-state index contributed by atoms with van der Waals surface area (Å²) in [4.78, 5) is 7.59. The van der Waals surface area contributed by atoms with Crippen molar-refractivity contribution in [2.45, 2.75) is 45.2 Å². The summed E-state index contributed by atoms with van der Waals surface area (Å²) in [7, 11) is 0. The molecule has 0 spiro atoms. The number of benzene rings is 2. The van der Waals surface area contributed by atoms with Crippen LogP contribution in [0.2, 0.25) is 5.02 Å². The van der Waals surface area contributed by atoms with Gasteiger partial charge in [0.25, 0.3) is 0 Å². The molecule has 0 bridgehead atoms. The topological polar surface area (TPSA) is 30.3 Å².